The van der Waals surface area contributed by atoms with Gasteiger partial charge in [-0.05, 0) is 21.8 Å². The molecule has 0 amide bonds. The average Bonchev–Trinajstić information content (AvgIpc) is 2.74. The van der Waals surface area contributed by atoms with E-state index >= 15 is 0 Å². The smallest absolute Gasteiger partial charge is 0.191 e. The summed E-state index contributed by atoms with van der Waals surface area (Å²) in [4.78, 5) is 11.5. The average molecular weight is 300 g/mol. The molecule has 0 fully saturated rings. The van der Waals surface area contributed by atoms with Crippen molar-refractivity contribution in [2.75, 3.05) is 0 Å². The predicted molar refractivity (Wildman–Crippen MR) is 66.6 cm³/mol. The molecule has 2 aromatic heterocycles. The van der Waals surface area contributed by atoms with Crippen LogP contribution in [0.4, 0.5) is 0 Å². The Bertz CT molecular complexity index is 546. The second-order valence-electron chi connectivity index (χ2n) is 3.61. The number of H-pyrrole nitrogens is 2. The zero-order chi connectivity index (χ0) is 11.7. The minimum atomic E-state index is 0.320. The Kier molecular flexibility index (Phi) is 3.15. The van der Waals surface area contributed by atoms with Gasteiger partial charge in [-0.2, -0.15) is 5.10 Å². The van der Waals surface area contributed by atoms with E-state index in [2.05, 4.69) is 54.9 Å². The van der Waals surface area contributed by atoms with Crippen molar-refractivity contribution < 1.29 is 0 Å². The van der Waals surface area contributed by atoms with Gasteiger partial charge in [0.25, 0.3) is 0 Å². The molecule has 2 heterocycles. The van der Waals surface area contributed by atoms with E-state index in [0.29, 0.717) is 22.2 Å². The molecule has 0 radical (unpaired) electrons. The fourth-order valence-electron chi connectivity index (χ4n) is 1.31. The maximum Gasteiger partial charge on any atom is 0.191 e. The number of nitrogens with one attached hydrogen (secondary N) is 2. The van der Waals surface area contributed by atoms with Crippen molar-refractivity contribution >= 4 is 28.1 Å². The molecule has 16 heavy (non-hydrogen) atoms. The van der Waals surface area contributed by atoms with Crippen LogP contribution in [0.25, 0.3) is 11.6 Å². The minimum absolute atomic E-state index is 0.320. The maximum absolute atomic E-state index is 5.18. The van der Waals surface area contributed by atoms with E-state index in [0.717, 1.165) is 10.2 Å². The lowest BCUT2D eigenvalue weighted by atomic mass is 10.1. The van der Waals surface area contributed by atoms with E-state index in [1.807, 2.05) is 0 Å². The van der Waals surface area contributed by atoms with E-state index in [-0.39, 0.29) is 0 Å². The van der Waals surface area contributed by atoms with Crippen LogP contribution in [0.15, 0.2) is 10.8 Å². The van der Waals surface area contributed by atoms with E-state index in [9.17, 15) is 0 Å². The highest BCUT2D eigenvalue weighted by atomic mass is 79.9. The Balaban J connectivity index is 2.62. The Hall–Kier alpha value is -1.08. The predicted octanol–water partition coefficient (Wildman–Crippen LogP) is 2.81. The van der Waals surface area contributed by atoms with Crippen molar-refractivity contribution in [3.8, 4) is 11.6 Å². The summed E-state index contributed by atoms with van der Waals surface area (Å²) >= 11 is 8.62. The van der Waals surface area contributed by atoms with Crippen molar-refractivity contribution in [3.05, 3.63) is 21.1 Å². The van der Waals surface area contributed by atoms with Gasteiger partial charge in [-0.1, -0.05) is 26.1 Å². The van der Waals surface area contributed by atoms with Gasteiger partial charge in [0.1, 0.15) is 11.0 Å². The quantitative estimate of drug-likeness (QED) is 0.837. The van der Waals surface area contributed by atoms with E-state index in [4.69, 9.17) is 12.2 Å². The number of nitrogens with zero attached hydrogens (tertiary/aromatic N) is 3. The number of halogens is 1. The zero-order valence-electron chi connectivity index (χ0n) is 8.78. The molecule has 0 aliphatic rings. The maximum atomic E-state index is 5.18. The highest BCUT2D eigenvalue weighted by Crippen LogP contribution is 2.24. The second kappa shape index (κ2) is 4.42. The van der Waals surface area contributed by atoms with Crippen LogP contribution in [0.2, 0.25) is 0 Å². The third kappa shape index (κ3) is 2.05. The molecular weight excluding hydrogens is 290 g/mol. The van der Waals surface area contributed by atoms with E-state index in [1.165, 1.54) is 6.33 Å². The Morgan fingerprint density at radius 2 is 2.12 bits per heavy atom. The van der Waals surface area contributed by atoms with Crippen LogP contribution in [0.5, 0.6) is 0 Å². The highest BCUT2D eigenvalue weighted by molar-refractivity contribution is 9.10. The van der Waals surface area contributed by atoms with Gasteiger partial charge in [0.2, 0.25) is 0 Å². The number of hydrogen-bond acceptors (Lipinski definition) is 4. The van der Waals surface area contributed by atoms with Crippen molar-refractivity contribution in [3.63, 3.8) is 0 Å². The van der Waals surface area contributed by atoms with Gasteiger partial charge < -0.3 is 4.98 Å². The third-order valence-electron chi connectivity index (χ3n) is 2.11. The summed E-state index contributed by atoms with van der Waals surface area (Å²) in [6.45, 7) is 4.16. The van der Waals surface area contributed by atoms with Gasteiger partial charge in [-0.3, -0.25) is 5.10 Å². The number of hydrogen-bond donors (Lipinski definition) is 2. The molecule has 0 aliphatic carbocycles. The normalized spacial score (nSPS) is 11.0. The number of aromatic nitrogens is 5. The fraction of sp³-hybridized carbons (Fsp3) is 0.333. The number of aromatic amines is 2. The summed E-state index contributed by atoms with van der Waals surface area (Å²) in [5.74, 6) is 1.51. The van der Waals surface area contributed by atoms with Gasteiger partial charge in [0.05, 0.1) is 4.47 Å². The van der Waals surface area contributed by atoms with Crippen molar-refractivity contribution in [2.24, 2.45) is 0 Å². The van der Waals surface area contributed by atoms with Crippen molar-refractivity contribution in [1.82, 2.24) is 25.1 Å². The van der Waals surface area contributed by atoms with Crippen LogP contribution >= 0.6 is 28.1 Å². The second-order valence-corrected chi connectivity index (χ2v) is 4.79. The molecule has 0 aromatic carbocycles. The van der Waals surface area contributed by atoms with Crippen LogP contribution in [0.3, 0.4) is 0 Å². The van der Waals surface area contributed by atoms with E-state index < -0.39 is 0 Å². The van der Waals surface area contributed by atoms with Gasteiger partial charge in [0.15, 0.2) is 11.6 Å². The van der Waals surface area contributed by atoms with Gasteiger partial charge >= 0.3 is 0 Å². The van der Waals surface area contributed by atoms with Gasteiger partial charge in [0, 0.05) is 5.69 Å². The summed E-state index contributed by atoms with van der Waals surface area (Å²) in [6, 6.07) is 0. The summed E-state index contributed by atoms with van der Waals surface area (Å²) in [6.07, 6.45) is 1.44. The molecule has 0 unspecified atom stereocenters. The number of rotatable bonds is 2. The summed E-state index contributed by atoms with van der Waals surface area (Å²) in [5.41, 5.74) is 1.01. The topological polar surface area (TPSA) is 70.2 Å². The molecular formula is C9H10BrN5S. The molecule has 2 aromatic rings. The molecule has 5 nitrogen and oxygen atoms in total. The molecule has 2 N–H and O–H groups in total. The monoisotopic (exact) mass is 299 g/mol. The van der Waals surface area contributed by atoms with E-state index in [1.54, 1.807) is 0 Å². The van der Waals surface area contributed by atoms with Gasteiger partial charge in [-0.25, -0.2) is 9.97 Å². The first-order valence-corrected chi connectivity index (χ1v) is 5.95. The molecule has 0 aliphatic heterocycles. The first-order valence-electron chi connectivity index (χ1n) is 4.75. The van der Waals surface area contributed by atoms with Crippen molar-refractivity contribution in [2.45, 2.75) is 19.8 Å². The van der Waals surface area contributed by atoms with Crippen molar-refractivity contribution in [1.29, 1.82) is 0 Å². The Morgan fingerprint density at radius 3 is 2.69 bits per heavy atom. The lowest BCUT2D eigenvalue weighted by Gasteiger charge is -2.09. The molecule has 84 valence electrons. The molecule has 7 heteroatoms. The lowest BCUT2D eigenvalue weighted by molar-refractivity contribution is 0.805. The van der Waals surface area contributed by atoms with Crippen LogP contribution in [0.1, 0.15) is 25.5 Å². The first kappa shape index (κ1) is 11.4. The van der Waals surface area contributed by atoms with Crippen LogP contribution in [0, 0.1) is 4.64 Å². The highest BCUT2D eigenvalue weighted by Gasteiger charge is 2.12. The molecule has 0 spiro atoms. The largest absolute Gasteiger partial charge is 0.339 e. The molecule has 0 atom stereocenters. The van der Waals surface area contributed by atoms with Gasteiger partial charge in [-0.15, -0.1) is 0 Å². The molecule has 0 saturated heterocycles. The summed E-state index contributed by atoms with van der Waals surface area (Å²) < 4.78 is 1.36. The summed E-state index contributed by atoms with van der Waals surface area (Å²) in [5, 5.41) is 6.53. The van der Waals surface area contributed by atoms with Crippen LogP contribution < -0.4 is 0 Å². The fourth-order valence-corrected chi connectivity index (χ4v) is 2.15. The third-order valence-corrected chi connectivity index (χ3v) is 3.47. The first-order chi connectivity index (χ1) is 7.59. The Labute approximate surface area is 106 Å². The summed E-state index contributed by atoms with van der Waals surface area (Å²) in [7, 11) is 0. The Morgan fingerprint density at radius 1 is 1.38 bits per heavy atom. The SMILES string of the molecule is CC(C)c1[nH]c(-c2ncn[nH]2)nc(=S)c1Br. The standard InChI is InChI=1S/C9H10BrN5S/c1-4(2)6-5(10)9(16)14-8(13-6)7-11-3-12-15-7/h3-4H,1-2H3,(H,11,12,15)(H,13,14,16). The molecule has 0 saturated carbocycles. The van der Waals surface area contributed by atoms with Crippen LogP contribution in [-0.4, -0.2) is 25.1 Å². The molecule has 0 bridgehead atoms. The minimum Gasteiger partial charge on any atom is -0.339 e. The molecule has 2 rings (SSSR count). The lowest BCUT2D eigenvalue weighted by Crippen LogP contribution is -2.01. The van der Waals surface area contributed by atoms with Crippen LogP contribution in [-0.2, 0) is 0 Å². The zero-order valence-corrected chi connectivity index (χ0v) is 11.2.